The van der Waals surface area contributed by atoms with Crippen molar-refractivity contribution in [1.82, 2.24) is 10.2 Å². The number of rotatable bonds is 6. The second-order valence-corrected chi connectivity index (χ2v) is 5.05. The summed E-state index contributed by atoms with van der Waals surface area (Å²) in [6.45, 7) is 3.14. The fourth-order valence-electron chi connectivity index (χ4n) is 1.88. The largest absolute Gasteiger partial charge is 0.454 e. The minimum absolute atomic E-state index is 0.259. The first kappa shape index (κ1) is 13.5. The molecule has 0 aromatic heterocycles. The van der Waals surface area contributed by atoms with Crippen molar-refractivity contribution in [3.05, 3.63) is 22.7 Å². The topological polar surface area (TPSA) is 33.7 Å². The first-order chi connectivity index (χ1) is 8.66. The third-order valence-electron chi connectivity index (χ3n) is 2.78. The summed E-state index contributed by atoms with van der Waals surface area (Å²) < 4.78 is 10.6. The van der Waals surface area contributed by atoms with Crippen LogP contribution in [0.4, 0.5) is 0 Å². The molecule has 0 fully saturated rings. The number of ether oxygens (including phenoxy) is 2. The highest BCUT2D eigenvalue weighted by Crippen LogP contribution is 2.39. The third-order valence-corrected chi connectivity index (χ3v) is 3.06. The van der Waals surface area contributed by atoms with Gasteiger partial charge in [-0.05, 0) is 51.3 Å². The van der Waals surface area contributed by atoms with Gasteiger partial charge in [-0.15, -0.1) is 0 Å². The van der Waals surface area contributed by atoms with Crippen molar-refractivity contribution < 1.29 is 9.47 Å². The molecule has 0 saturated carbocycles. The zero-order chi connectivity index (χ0) is 13.0. The van der Waals surface area contributed by atoms with E-state index >= 15 is 0 Å². The van der Waals surface area contributed by atoms with E-state index in [0.717, 1.165) is 37.4 Å². The van der Waals surface area contributed by atoms with E-state index in [9.17, 15) is 0 Å². The lowest BCUT2D eigenvalue weighted by Crippen LogP contribution is -2.20. The van der Waals surface area contributed by atoms with E-state index in [0.29, 0.717) is 10.8 Å². The Balaban J connectivity index is 1.81. The molecule has 100 valence electrons. The Kier molecular flexibility index (Phi) is 4.69. The van der Waals surface area contributed by atoms with Gasteiger partial charge in [0.1, 0.15) is 0 Å². The number of nitrogens with zero attached hydrogens (tertiary/aromatic N) is 1. The van der Waals surface area contributed by atoms with Crippen LogP contribution in [0.15, 0.2) is 12.1 Å². The van der Waals surface area contributed by atoms with E-state index in [4.69, 9.17) is 21.1 Å². The molecule has 0 bridgehead atoms. The van der Waals surface area contributed by atoms with Crippen molar-refractivity contribution in [2.45, 2.75) is 13.0 Å². The molecule has 0 saturated heterocycles. The summed E-state index contributed by atoms with van der Waals surface area (Å²) in [5, 5.41) is 4.01. The fraction of sp³-hybridized carbons (Fsp3) is 0.538. The lowest BCUT2D eigenvalue weighted by Gasteiger charge is -2.10. The maximum Gasteiger partial charge on any atom is 0.231 e. The van der Waals surface area contributed by atoms with Crippen LogP contribution in [0.5, 0.6) is 11.5 Å². The Hall–Kier alpha value is -0.970. The third kappa shape index (κ3) is 3.51. The molecule has 0 spiro atoms. The Bertz CT molecular complexity index is 410. The van der Waals surface area contributed by atoms with Crippen LogP contribution < -0.4 is 14.8 Å². The number of fused-ring (bicyclic) bond motifs is 1. The summed E-state index contributed by atoms with van der Waals surface area (Å²) in [5.41, 5.74) is 1.12. The van der Waals surface area contributed by atoms with Crippen molar-refractivity contribution in [2.75, 3.05) is 34.0 Å². The molecule has 1 aliphatic rings. The second-order valence-electron chi connectivity index (χ2n) is 4.65. The predicted molar refractivity (Wildman–Crippen MR) is 72.5 cm³/mol. The van der Waals surface area contributed by atoms with Crippen molar-refractivity contribution in [3.63, 3.8) is 0 Å². The quantitative estimate of drug-likeness (QED) is 0.803. The van der Waals surface area contributed by atoms with E-state index in [-0.39, 0.29) is 6.79 Å². The van der Waals surface area contributed by atoms with Gasteiger partial charge in [-0.1, -0.05) is 11.6 Å². The highest BCUT2D eigenvalue weighted by Gasteiger charge is 2.17. The maximum absolute atomic E-state index is 6.12. The SMILES string of the molecule is CN(C)CCCNCc1cc(Cl)c2c(c1)OCO2. The summed E-state index contributed by atoms with van der Waals surface area (Å²) in [5.74, 6) is 1.40. The van der Waals surface area contributed by atoms with Gasteiger partial charge in [-0.3, -0.25) is 0 Å². The van der Waals surface area contributed by atoms with E-state index in [1.165, 1.54) is 0 Å². The molecular formula is C13H19ClN2O2. The van der Waals surface area contributed by atoms with Crippen molar-refractivity contribution in [2.24, 2.45) is 0 Å². The minimum atomic E-state index is 0.259. The molecule has 0 unspecified atom stereocenters. The summed E-state index contributed by atoms with van der Waals surface area (Å²) >= 11 is 6.12. The first-order valence-electron chi connectivity index (χ1n) is 6.10. The highest BCUT2D eigenvalue weighted by molar-refractivity contribution is 6.32. The van der Waals surface area contributed by atoms with E-state index in [1.54, 1.807) is 0 Å². The normalized spacial score (nSPS) is 13.3. The average molecular weight is 271 g/mol. The van der Waals surface area contributed by atoms with Gasteiger partial charge in [0, 0.05) is 6.54 Å². The average Bonchev–Trinajstić information content (AvgIpc) is 2.77. The number of benzene rings is 1. The van der Waals surface area contributed by atoms with Gasteiger partial charge in [0.25, 0.3) is 0 Å². The number of hydrogen-bond donors (Lipinski definition) is 1. The first-order valence-corrected chi connectivity index (χ1v) is 6.48. The van der Waals surface area contributed by atoms with Gasteiger partial charge >= 0.3 is 0 Å². The number of hydrogen-bond acceptors (Lipinski definition) is 4. The molecule has 0 amide bonds. The molecule has 4 nitrogen and oxygen atoms in total. The van der Waals surface area contributed by atoms with Gasteiger partial charge in [-0.25, -0.2) is 0 Å². The van der Waals surface area contributed by atoms with Crippen LogP contribution in [0.3, 0.4) is 0 Å². The van der Waals surface area contributed by atoms with Gasteiger partial charge in [0.2, 0.25) is 6.79 Å². The van der Waals surface area contributed by atoms with Crippen molar-refractivity contribution in [3.8, 4) is 11.5 Å². The fourth-order valence-corrected chi connectivity index (χ4v) is 2.16. The molecular weight excluding hydrogens is 252 g/mol. The number of nitrogens with one attached hydrogen (secondary N) is 1. The van der Waals surface area contributed by atoms with E-state index in [1.807, 2.05) is 12.1 Å². The van der Waals surface area contributed by atoms with Crippen LogP contribution in [0, 0.1) is 0 Å². The molecule has 5 heteroatoms. The molecule has 2 rings (SSSR count). The Morgan fingerprint density at radius 3 is 2.94 bits per heavy atom. The lowest BCUT2D eigenvalue weighted by atomic mass is 10.2. The van der Waals surface area contributed by atoms with Gasteiger partial charge in [0.15, 0.2) is 11.5 Å². The second kappa shape index (κ2) is 6.27. The summed E-state index contributed by atoms with van der Waals surface area (Å²) in [4.78, 5) is 2.18. The van der Waals surface area contributed by atoms with Gasteiger partial charge in [0.05, 0.1) is 5.02 Å². The molecule has 0 radical (unpaired) electrons. The Morgan fingerprint density at radius 1 is 1.33 bits per heavy atom. The molecule has 1 aliphatic heterocycles. The molecule has 1 aromatic carbocycles. The zero-order valence-corrected chi connectivity index (χ0v) is 11.6. The zero-order valence-electron chi connectivity index (χ0n) is 10.8. The van der Waals surface area contributed by atoms with Crippen LogP contribution in [-0.2, 0) is 6.54 Å². The smallest absolute Gasteiger partial charge is 0.231 e. The van der Waals surface area contributed by atoms with Gasteiger partial charge in [-0.2, -0.15) is 0 Å². The molecule has 1 N–H and O–H groups in total. The standard InChI is InChI=1S/C13H19ClN2O2/c1-16(2)5-3-4-15-8-10-6-11(14)13-12(7-10)17-9-18-13/h6-7,15H,3-5,8-9H2,1-2H3. The molecule has 0 atom stereocenters. The van der Waals surface area contributed by atoms with Crippen molar-refractivity contribution >= 4 is 11.6 Å². The monoisotopic (exact) mass is 270 g/mol. The Labute approximate surface area is 113 Å². The number of halogens is 1. The summed E-state index contributed by atoms with van der Waals surface area (Å²) in [6.07, 6.45) is 1.13. The van der Waals surface area contributed by atoms with Crippen LogP contribution in [0.1, 0.15) is 12.0 Å². The molecule has 0 aliphatic carbocycles. The maximum atomic E-state index is 6.12. The van der Waals surface area contributed by atoms with E-state index < -0.39 is 0 Å². The van der Waals surface area contributed by atoms with Crippen LogP contribution >= 0.6 is 11.6 Å². The van der Waals surface area contributed by atoms with Gasteiger partial charge < -0.3 is 19.7 Å². The Morgan fingerprint density at radius 2 is 2.17 bits per heavy atom. The van der Waals surface area contributed by atoms with Crippen LogP contribution in [-0.4, -0.2) is 38.9 Å². The highest BCUT2D eigenvalue weighted by atomic mass is 35.5. The summed E-state index contributed by atoms with van der Waals surface area (Å²) in [6, 6.07) is 3.90. The molecule has 1 heterocycles. The van der Waals surface area contributed by atoms with Crippen LogP contribution in [0.2, 0.25) is 5.02 Å². The minimum Gasteiger partial charge on any atom is -0.454 e. The lowest BCUT2D eigenvalue weighted by molar-refractivity contribution is 0.174. The molecule has 1 aromatic rings. The molecule has 18 heavy (non-hydrogen) atoms. The van der Waals surface area contributed by atoms with E-state index in [2.05, 4.69) is 24.3 Å². The summed E-state index contributed by atoms with van der Waals surface area (Å²) in [7, 11) is 4.16. The van der Waals surface area contributed by atoms with Crippen molar-refractivity contribution in [1.29, 1.82) is 0 Å². The van der Waals surface area contributed by atoms with Crippen LogP contribution in [0.25, 0.3) is 0 Å². The predicted octanol–water partition coefficient (Wildman–Crippen LogP) is 2.11.